The number of likely N-dealkylation sites (N-methyl/N-ethyl adjacent to an activating group) is 1. The molecule has 1 aromatic rings. The first-order valence-corrected chi connectivity index (χ1v) is 10.3. The Bertz CT molecular complexity index is 709. The highest BCUT2D eigenvalue weighted by Crippen LogP contribution is 2.39. The summed E-state index contributed by atoms with van der Waals surface area (Å²) in [6.07, 6.45) is 4.24. The molecule has 0 aliphatic carbocycles. The van der Waals surface area contributed by atoms with Crippen molar-refractivity contribution in [2.75, 3.05) is 46.8 Å². The van der Waals surface area contributed by atoms with Crippen LogP contribution >= 0.6 is 0 Å². The molecule has 154 valence electrons. The number of aryl methyl sites for hydroxylation is 1. The number of amides is 2. The molecule has 0 unspecified atom stereocenters. The summed E-state index contributed by atoms with van der Waals surface area (Å²) in [6.45, 7) is 3.83. The van der Waals surface area contributed by atoms with Gasteiger partial charge in [0.15, 0.2) is 0 Å². The van der Waals surface area contributed by atoms with Crippen molar-refractivity contribution in [1.82, 2.24) is 14.7 Å². The van der Waals surface area contributed by atoms with Crippen molar-refractivity contribution in [3.05, 3.63) is 35.6 Å². The first-order valence-electron chi connectivity index (χ1n) is 10.3. The van der Waals surface area contributed by atoms with E-state index in [9.17, 15) is 14.0 Å². The van der Waals surface area contributed by atoms with Gasteiger partial charge in [-0.1, -0.05) is 18.2 Å². The van der Waals surface area contributed by atoms with E-state index in [-0.39, 0.29) is 23.0 Å². The summed E-state index contributed by atoms with van der Waals surface area (Å²) in [5, 5.41) is 0. The number of rotatable bonds is 6. The Morgan fingerprint density at radius 1 is 1.21 bits per heavy atom. The van der Waals surface area contributed by atoms with E-state index in [1.54, 1.807) is 18.2 Å². The fraction of sp³-hybridized carbons (Fsp3) is 0.636. The fourth-order valence-corrected chi connectivity index (χ4v) is 4.48. The summed E-state index contributed by atoms with van der Waals surface area (Å²) in [6, 6.07) is 6.66. The number of hydrogen-bond acceptors (Lipinski definition) is 3. The normalized spacial score (nSPS) is 22.9. The summed E-state index contributed by atoms with van der Waals surface area (Å²) >= 11 is 0. The predicted molar refractivity (Wildman–Crippen MR) is 107 cm³/mol. The van der Waals surface area contributed by atoms with Crippen molar-refractivity contribution >= 4 is 11.8 Å². The lowest BCUT2D eigenvalue weighted by atomic mass is 9.73. The minimum absolute atomic E-state index is 0.0200. The summed E-state index contributed by atoms with van der Waals surface area (Å²) in [4.78, 5) is 31.1. The van der Waals surface area contributed by atoms with E-state index in [4.69, 9.17) is 0 Å². The molecule has 3 rings (SSSR count). The lowest BCUT2D eigenvalue weighted by Gasteiger charge is -2.48. The van der Waals surface area contributed by atoms with Crippen LogP contribution in [0.5, 0.6) is 0 Å². The fourth-order valence-electron chi connectivity index (χ4n) is 4.48. The first kappa shape index (κ1) is 20.8. The first-order chi connectivity index (χ1) is 13.4. The molecule has 2 amide bonds. The molecule has 5 nitrogen and oxygen atoms in total. The minimum atomic E-state index is -0.243. The maximum atomic E-state index is 13.8. The van der Waals surface area contributed by atoms with Crippen LogP contribution in [0, 0.1) is 11.2 Å². The van der Waals surface area contributed by atoms with E-state index >= 15 is 0 Å². The Hall–Kier alpha value is -1.95. The second-order valence-electron chi connectivity index (χ2n) is 8.63. The van der Waals surface area contributed by atoms with E-state index < -0.39 is 0 Å². The van der Waals surface area contributed by atoms with Gasteiger partial charge in [-0.05, 0) is 51.4 Å². The van der Waals surface area contributed by atoms with E-state index in [0.717, 1.165) is 52.0 Å². The van der Waals surface area contributed by atoms with Gasteiger partial charge in [-0.25, -0.2) is 4.39 Å². The minimum Gasteiger partial charge on any atom is -0.342 e. The standard InChI is InChI=1S/C22H32FN3O2/c1-24(2)14-15-26-17-22(12-10-21(26)28)11-5-13-25(16-22)20(27)9-8-18-6-3-4-7-19(18)23/h3-4,6-7H,5,8-17H2,1-2H3/t22-/m1/s1. The van der Waals surface area contributed by atoms with Gasteiger partial charge >= 0.3 is 0 Å². The number of carbonyl (C=O) groups is 2. The van der Waals surface area contributed by atoms with E-state index in [1.165, 1.54) is 6.07 Å². The maximum Gasteiger partial charge on any atom is 0.222 e. The van der Waals surface area contributed by atoms with E-state index in [2.05, 4.69) is 4.90 Å². The lowest BCUT2D eigenvalue weighted by Crippen LogP contribution is -2.55. The molecule has 2 heterocycles. The van der Waals surface area contributed by atoms with Gasteiger partial charge in [0.2, 0.25) is 11.8 Å². The number of carbonyl (C=O) groups excluding carboxylic acids is 2. The number of benzene rings is 1. The Kier molecular flexibility index (Phi) is 6.70. The van der Waals surface area contributed by atoms with Gasteiger partial charge in [0, 0.05) is 51.0 Å². The van der Waals surface area contributed by atoms with Crippen molar-refractivity contribution < 1.29 is 14.0 Å². The molecule has 0 aromatic heterocycles. The summed E-state index contributed by atoms with van der Waals surface area (Å²) < 4.78 is 13.8. The summed E-state index contributed by atoms with van der Waals surface area (Å²) in [5.74, 6) is 0.0855. The number of halogens is 1. The third-order valence-electron chi connectivity index (χ3n) is 6.15. The van der Waals surface area contributed by atoms with Gasteiger partial charge in [-0.2, -0.15) is 0 Å². The zero-order valence-corrected chi connectivity index (χ0v) is 17.1. The van der Waals surface area contributed by atoms with Crippen LogP contribution in [0.1, 0.15) is 37.7 Å². The second kappa shape index (κ2) is 9.03. The highest BCUT2D eigenvalue weighted by molar-refractivity contribution is 5.78. The molecule has 1 atom stereocenters. The van der Waals surface area contributed by atoms with Crippen molar-refractivity contribution in [2.24, 2.45) is 5.41 Å². The zero-order valence-electron chi connectivity index (χ0n) is 17.1. The van der Waals surface area contributed by atoms with Crippen LogP contribution in [0.3, 0.4) is 0 Å². The average Bonchev–Trinajstić information content (AvgIpc) is 2.68. The smallest absolute Gasteiger partial charge is 0.222 e. The SMILES string of the molecule is CN(C)CCN1C[C@]2(CCCN(C(=O)CCc3ccccc3F)C2)CCC1=O. The monoisotopic (exact) mass is 389 g/mol. The van der Waals surface area contributed by atoms with Crippen LogP contribution in [0.25, 0.3) is 0 Å². The molecule has 1 spiro atoms. The lowest BCUT2D eigenvalue weighted by molar-refractivity contribution is -0.143. The topological polar surface area (TPSA) is 43.9 Å². The number of nitrogens with zero attached hydrogens (tertiary/aromatic N) is 3. The molecule has 0 N–H and O–H groups in total. The Balaban J connectivity index is 1.58. The predicted octanol–water partition coefficient (Wildman–Crippen LogP) is 2.55. The third-order valence-corrected chi connectivity index (χ3v) is 6.15. The molecule has 0 saturated carbocycles. The largest absolute Gasteiger partial charge is 0.342 e. The van der Waals surface area contributed by atoms with Crippen molar-refractivity contribution in [2.45, 2.75) is 38.5 Å². The molecule has 1 aromatic carbocycles. The molecule has 0 bridgehead atoms. The van der Waals surface area contributed by atoms with Crippen molar-refractivity contribution in [1.29, 1.82) is 0 Å². The quantitative estimate of drug-likeness (QED) is 0.751. The van der Waals surface area contributed by atoms with Gasteiger partial charge in [0.05, 0.1) is 0 Å². The second-order valence-corrected chi connectivity index (χ2v) is 8.63. The van der Waals surface area contributed by atoms with Crippen LogP contribution in [0.2, 0.25) is 0 Å². The van der Waals surface area contributed by atoms with Gasteiger partial charge in [-0.3, -0.25) is 9.59 Å². The van der Waals surface area contributed by atoms with E-state index in [0.29, 0.717) is 24.8 Å². The molecule has 2 fully saturated rings. The third kappa shape index (κ3) is 5.10. The summed E-state index contributed by atoms with van der Waals surface area (Å²) in [5.41, 5.74) is 0.618. The van der Waals surface area contributed by atoms with Crippen LogP contribution in [-0.2, 0) is 16.0 Å². The van der Waals surface area contributed by atoms with Crippen molar-refractivity contribution in [3.63, 3.8) is 0 Å². The molecule has 2 saturated heterocycles. The molecule has 28 heavy (non-hydrogen) atoms. The van der Waals surface area contributed by atoms with Gasteiger partial charge < -0.3 is 14.7 Å². The number of likely N-dealkylation sites (tertiary alicyclic amines) is 2. The molecular formula is C22H32FN3O2. The van der Waals surface area contributed by atoms with E-state index in [1.807, 2.05) is 23.9 Å². The Morgan fingerprint density at radius 2 is 2.00 bits per heavy atom. The van der Waals surface area contributed by atoms with Crippen LogP contribution in [0.4, 0.5) is 4.39 Å². The molecule has 6 heteroatoms. The van der Waals surface area contributed by atoms with Crippen LogP contribution < -0.4 is 0 Å². The number of hydrogen-bond donors (Lipinski definition) is 0. The highest BCUT2D eigenvalue weighted by Gasteiger charge is 2.42. The highest BCUT2D eigenvalue weighted by atomic mass is 19.1. The average molecular weight is 390 g/mol. The summed E-state index contributed by atoms with van der Waals surface area (Å²) in [7, 11) is 4.03. The molecular weight excluding hydrogens is 357 g/mol. The Labute approximate surface area is 167 Å². The zero-order chi connectivity index (χ0) is 20.1. The van der Waals surface area contributed by atoms with Gasteiger partial charge in [-0.15, -0.1) is 0 Å². The van der Waals surface area contributed by atoms with Crippen LogP contribution in [0.15, 0.2) is 24.3 Å². The van der Waals surface area contributed by atoms with Crippen LogP contribution in [-0.4, -0.2) is 73.3 Å². The molecule has 2 aliphatic rings. The molecule has 0 radical (unpaired) electrons. The van der Waals surface area contributed by atoms with Gasteiger partial charge in [0.25, 0.3) is 0 Å². The molecule has 2 aliphatic heterocycles. The maximum absolute atomic E-state index is 13.8. The van der Waals surface area contributed by atoms with Crippen molar-refractivity contribution in [3.8, 4) is 0 Å². The Morgan fingerprint density at radius 3 is 2.75 bits per heavy atom. The number of piperidine rings is 2. The van der Waals surface area contributed by atoms with Gasteiger partial charge in [0.1, 0.15) is 5.82 Å².